The maximum Gasteiger partial charge on any atom is 0.161 e. The van der Waals surface area contributed by atoms with Crippen LogP contribution in [0.25, 0.3) is 0 Å². The Hall–Kier alpha value is -2.01. The van der Waals surface area contributed by atoms with Gasteiger partial charge in [-0.15, -0.1) is 0 Å². The fourth-order valence-corrected chi connectivity index (χ4v) is 4.08. The first-order valence-corrected chi connectivity index (χ1v) is 9.36. The minimum absolute atomic E-state index is 0.456. The second-order valence-electron chi connectivity index (χ2n) is 7.16. The molecule has 0 radical (unpaired) electrons. The van der Waals surface area contributed by atoms with Crippen molar-refractivity contribution in [1.29, 1.82) is 0 Å². The van der Waals surface area contributed by atoms with Gasteiger partial charge in [0.15, 0.2) is 11.5 Å². The van der Waals surface area contributed by atoms with Crippen LogP contribution in [0.4, 0.5) is 0 Å². The van der Waals surface area contributed by atoms with Gasteiger partial charge in [0, 0.05) is 23.8 Å². The lowest BCUT2D eigenvalue weighted by atomic mass is 10.0. The van der Waals surface area contributed by atoms with Crippen molar-refractivity contribution in [3.63, 3.8) is 0 Å². The van der Waals surface area contributed by atoms with Gasteiger partial charge in [0.25, 0.3) is 0 Å². The maximum absolute atomic E-state index is 5.91. The van der Waals surface area contributed by atoms with Crippen molar-refractivity contribution in [3.8, 4) is 11.5 Å². The zero-order chi connectivity index (χ0) is 17.2. The van der Waals surface area contributed by atoms with Gasteiger partial charge in [0.05, 0.1) is 18.9 Å². The highest BCUT2D eigenvalue weighted by Gasteiger charge is 2.29. The van der Waals surface area contributed by atoms with E-state index in [0.29, 0.717) is 6.04 Å². The van der Waals surface area contributed by atoms with Crippen molar-refractivity contribution in [2.45, 2.75) is 52.1 Å². The topological polar surface area (TPSA) is 50.4 Å². The largest absolute Gasteiger partial charge is 0.490 e. The predicted octanol–water partition coefficient (Wildman–Crippen LogP) is 3.92. The van der Waals surface area contributed by atoms with Gasteiger partial charge in [-0.2, -0.15) is 5.10 Å². The number of likely N-dealkylation sites (tertiary alicyclic amines) is 1. The molecule has 0 saturated carbocycles. The lowest BCUT2D eigenvalue weighted by molar-refractivity contribution is 0.221. The zero-order valence-corrected chi connectivity index (χ0v) is 15.2. The summed E-state index contributed by atoms with van der Waals surface area (Å²) >= 11 is 0. The average molecular weight is 341 g/mol. The Bertz CT molecular complexity index is 721. The van der Waals surface area contributed by atoms with Crippen LogP contribution in [0, 0.1) is 13.8 Å². The third-order valence-corrected chi connectivity index (χ3v) is 5.33. The average Bonchev–Trinajstić information content (AvgIpc) is 3.15. The number of aromatic amines is 1. The van der Waals surface area contributed by atoms with Crippen LogP contribution in [0.2, 0.25) is 0 Å². The van der Waals surface area contributed by atoms with E-state index >= 15 is 0 Å². The predicted molar refractivity (Wildman–Crippen MR) is 97.1 cm³/mol. The summed E-state index contributed by atoms with van der Waals surface area (Å²) in [4.78, 5) is 2.57. The molecule has 0 spiro atoms. The molecule has 1 aromatic carbocycles. The van der Waals surface area contributed by atoms with E-state index in [1.807, 2.05) is 0 Å². The van der Waals surface area contributed by atoms with Crippen LogP contribution in [-0.2, 0) is 6.54 Å². The number of nitrogens with one attached hydrogen (secondary N) is 1. The number of hydrogen-bond donors (Lipinski definition) is 1. The molecule has 1 fully saturated rings. The molecule has 1 saturated heterocycles. The fraction of sp³-hybridized carbons (Fsp3) is 0.550. The number of fused-ring (bicyclic) bond motifs is 1. The molecule has 0 amide bonds. The Balaban J connectivity index is 1.54. The van der Waals surface area contributed by atoms with E-state index in [1.165, 1.54) is 29.7 Å². The number of rotatable bonds is 3. The number of aromatic nitrogens is 2. The first-order valence-electron chi connectivity index (χ1n) is 9.36. The molecular formula is C20H27N3O2. The van der Waals surface area contributed by atoms with Crippen LogP contribution in [0.1, 0.15) is 54.2 Å². The Morgan fingerprint density at radius 3 is 2.68 bits per heavy atom. The fourth-order valence-electron chi connectivity index (χ4n) is 4.08. The molecular weight excluding hydrogens is 314 g/mol. The smallest absolute Gasteiger partial charge is 0.161 e. The second-order valence-corrected chi connectivity index (χ2v) is 7.16. The van der Waals surface area contributed by atoms with Gasteiger partial charge in [-0.05, 0) is 63.8 Å². The van der Waals surface area contributed by atoms with Gasteiger partial charge in [0.1, 0.15) is 0 Å². The van der Waals surface area contributed by atoms with Gasteiger partial charge in [0.2, 0.25) is 0 Å². The molecule has 2 aliphatic heterocycles. The molecule has 0 aliphatic carbocycles. The molecule has 3 heterocycles. The molecule has 0 bridgehead atoms. The van der Waals surface area contributed by atoms with E-state index in [2.05, 4.69) is 47.1 Å². The number of H-pyrrole nitrogens is 1. The summed E-state index contributed by atoms with van der Waals surface area (Å²) in [6.07, 6.45) is 4.54. The molecule has 1 N–H and O–H groups in total. The van der Waals surface area contributed by atoms with Crippen LogP contribution >= 0.6 is 0 Å². The molecule has 2 aliphatic rings. The van der Waals surface area contributed by atoms with Gasteiger partial charge < -0.3 is 9.47 Å². The molecule has 5 nitrogen and oxygen atoms in total. The van der Waals surface area contributed by atoms with Crippen molar-refractivity contribution in [1.82, 2.24) is 15.1 Å². The third-order valence-electron chi connectivity index (χ3n) is 5.33. The summed E-state index contributed by atoms with van der Waals surface area (Å²) in [5.41, 5.74) is 4.99. The van der Waals surface area contributed by atoms with E-state index in [1.54, 1.807) is 0 Å². The minimum atomic E-state index is 0.456. The highest BCUT2D eigenvalue weighted by molar-refractivity contribution is 5.43. The highest BCUT2D eigenvalue weighted by atomic mass is 16.5. The quantitative estimate of drug-likeness (QED) is 0.919. The monoisotopic (exact) mass is 341 g/mol. The summed E-state index contributed by atoms with van der Waals surface area (Å²) in [5.74, 6) is 1.77. The number of hydrogen-bond acceptors (Lipinski definition) is 4. The summed E-state index contributed by atoms with van der Waals surface area (Å²) in [6, 6.07) is 6.85. The zero-order valence-electron chi connectivity index (χ0n) is 15.2. The normalized spacial score (nSPS) is 21.1. The van der Waals surface area contributed by atoms with E-state index in [0.717, 1.165) is 56.3 Å². The Morgan fingerprint density at radius 2 is 1.92 bits per heavy atom. The first-order chi connectivity index (χ1) is 12.2. The lowest BCUT2D eigenvalue weighted by Crippen LogP contribution is -2.23. The van der Waals surface area contributed by atoms with Crippen LogP contribution in [0.3, 0.4) is 0 Å². The van der Waals surface area contributed by atoms with Crippen LogP contribution in [0.15, 0.2) is 18.2 Å². The number of ether oxygens (including phenoxy) is 2. The Kier molecular flexibility index (Phi) is 4.66. The molecule has 1 atom stereocenters. The number of nitrogens with zero attached hydrogens (tertiary/aromatic N) is 2. The Morgan fingerprint density at radius 1 is 1.12 bits per heavy atom. The van der Waals surface area contributed by atoms with E-state index in [4.69, 9.17) is 9.47 Å². The molecule has 1 aromatic heterocycles. The van der Waals surface area contributed by atoms with E-state index < -0.39 is 0 Å². The van der Waals surface area contributed by atoms with Crippen molar-refractivity contribution in [2.75, 3.05) is 19.8 Å². The van der Waals surface area contributed by atoms with Gasteiger partial charge in [-0.1, -0.05) is 6.07 Å². The highest BCUT2D eigenvalue weighted by Crippen LogP contribution is 2.37. The first kappa shape index (κ1) is 16.5. The molecule has 5 heteroatoms. The van der Waals surface area contributed by atoms with Crippen LogP contribution < -0.4 is 9.47 Å². The molecule has 2 aromatic rings. The van der Waals surface area contributed by atoms with Gasteiger partial charge in [-0.25, -0.2) is 0 Å². The maximum atomic E-state index is 5.91. The standard InChI is InChI=1S/C20H27N3O2/c1-14-20(15(2)22-21-14)17-6-5-9-23(17)13-16-7-8-18-19(12-16)25-11-4-3-10-24-18/h7-8,12,17H,3-6,9-11,13H2,1-2H3,(H,21,22). The third kappa shape index (κ3) is 3.38. The SMILES string of the molecule is Cc1n[nH]c(C)c1C1CCCN1Cc1ccc2c(c1)OCCCCO2. The van der Waals surface area contributed by atoms with Crippen LogP contribution in [0.5, 0.6) is 11.5 Å². The van der Waals surface area contributed by atoms with Crippen molar-refractivity contribution in [2.24, 2.45) is 0 Å². The lowest BCUT2D eigenvalue weighted by Gasteiger charge is -2.25. The van der Waals surface area contributed by atoms with E-state index in [9.17, 15) is 0 Å². The Labute approximate surface area is 149 Å². The minimum Gasteiger partial charge on any atom is -0.490 e. The van der Waals surface area contributed by atoms with Crippen molar-refractivity contribution < 1.29 is 9.47 Å². The molecule has 1 unspecified atom stereocenters. The summed E-state index contributed by atoms with van der Waals surface area (Å²) in [6.45, 7) is 7.85. The summed E-state index contributed by atoms with van der Waals surface area (Å²) in [7, 11) is 0. The van der Waals surface area contributed by atoms with Gasteiger partial charge >= 0.3 is 0 Å². The van der Waals surface area contributed by atoms with Crippen molar-refractivity contribution >= 4 is 0 Å². The summed E-state index contributed by atoms with van der Waals surface area (Å²) in [5, 5.41) is 7.53. The molecule has 4 rings (SSSR count). The second kappa shape index (κ2) is 7.08. The number of aryl methyl sites for hydroxylation is 2. The van der Waals surface area contributed by atoms with E-state index in [-0.39, 0.29) is 0 Å². The van der Waals surface area contributed by atoms with Gasteiger partial charge in [-0.3, -0.25) is 10.00 Å². The van der Waals surface area contributed by atoms with Crippen molar-refractivity contribution in [3.05, 3.63) is 40.7 Å². The summed E-state index contributed by atoms with van der Waals surface area (Å²) < 4.78 is 11.7. The number of benzene rings is 1. The van der Waals surface area contributed by atoms with Crippen LogP contribution in [-0.4, -0.2) is 34.9 Å². The molecule has 25 heavy (non-hydrogen) atoms. The molecule has 134 valence electrons.